The van der Waals surface area contributed by atoms with Crippen molar-refractivity contribution in [3.8, 4) is 0 Å². The van der Waals surface area contributed by atoms with Crippen molar-refractivity contribution in [3.05, 3.63) is 30.0 Å². The summed E-state index contributed by atoms with van der Waals surface area (Å²) in [7, 11) is 3.66. The summed E-state index contributed by atoms with van der Waals surface area (Å²) in [6, 6.07) is 5.68. The fourth-order valence-electron chi connectivity index (χ4n) is 4.45. The van der Waals surface area contributed by atoms with Crippen LogP contribution in [0.25, 0.3) is 10.9 Å². The number of carbonyl (C=O) groups is 1. The number of ether oxygens (including phenoxy) is 1. The number of benzene rings is 1. The Bertz CT molecular complexity index is 763. The SMILES string of the molecule is COC(=O)c1cccc2cnn(CCN(C)C34CCN(CC3)CC4)c12. The lowest BCUT2D eigenvalue weighted by molar-refractivity contribution is -0.0193. The van der Waals surface area contributed by atoms with E-state index in [2.05, 4.69) is 21.9 Å². The Balaban J connectivity index is 1.54. The number of aromatic nitrogens is 2. The van der Waals surface area contributed by atoms with Gasteiger partial charge in [-0.1, -0.05) is 12.1 Å². The van der Waals surface area contributed by atoms with Crippen molar-refractivity contribution in [2.75, 3.05) is 40.3 Å². The Morgan fingerprint density at radius 3 is 2.68 bits per heavy atom. The summed E-state index contributed by atoms with van der Waals surface area (Å²) >= 11 is 0. The van der Waals surface area contributed by atoms with Crippen LogP contribution in [0.4, 0.5) is 0 Å². The fourth-order valence-corrected chi connectivity index (χ4v) is 4.45. The molecule has 6 heteroatoms. The van der Waals surface area contributed by atoms with Gasteiger partial charge in [0.05, 0.1) is 30.9 Å². The molecule has 6 nitrogen and oxygen atoms in total. The third kappa shape index (κ3) is 2.83. The van der Waals surface area contributed by atoms with Gasteiger partial charge in [0.25, 0.3) is 0 Å². The molecule has 0 atom stereocenters. The molecule has 3 aliphatic heterocycles. The number of hydrogen-bond acceptors (Lipinski definition) is 5. The van der Waals surface area contributed by atoms with Crippen LogP contribution in [0.3, 0.4) is 0 Å². The van der Waals surface area contributed by atoms with Crippen molar-refractivity contribution < 1.29 is 9.53 Å². The first-order valence-electron chi connectivity index (χ1n) is 9.09. The van der Waals surface area contributed by atoms with Gasteiger partial charge in [0.15, 0.2) is 0 Å². The first kappa shape index (κ1) is 16.5. The maximum absolute atomic E-state index is 12.1. The third-order valence-electron chi connectivity index (χ3n) is 6.20. The molecule has 0 spiro atoms. The second-order valence-electron chi connectivity index (χ2n) is 7.34. The Labute approximate surface area is 148 Å². The van der Waals surface area contributed by atoms with Crippen LogP contribution in [-0.2, 0) is 11.3 Å². The number of para-hydroxylation sites is 1. The van der Waals surface area contributed by atoms with E-state index in [1.54, 1.807) is 0 Å². The Kier molecular flexibility index (Phi) is 4.25. The molecule has 2 bridgehead atoms. The second-order valence-corrected chi connectivity index (χ2v) is 7.34. The number of likely N-dealkylation sites (N-methyl/N-ethyl adjacent to an activating group) is 1. The van der Waals surface area contributed by atoms with E-state index in [1.807, 2.05) is 29.1 Å². The van der Waals surface area contributed by atoms with E-state index in [0.717, 1.165) is 24.0 Å². The molecule has 3 fully saturated rings. The van der Waals surface area contributed by atoms with Crippen LogP contribution in [-0.4, -0.2) is 71.4 Å². The standard InChI is InChI=1S/C19H26N4O2/c1-21(19-6-9-22(10-7-19)11-8-19)12-13-23-17-15(14-20-23)4-3-5-16(17)18(24)25-2/h3-5,14H,6-13H2,1-2H3. The quantitative estimate of drug-likeness (QED) is 0.778. The molecular weight excluding hydrogens is 316 g/mol. The second kappa shape index (κ2) is 6.42. The maximum Gasteiger partial charge on any atom is 0.340 e. The lowest BCUT2D eigenvalue weighted by Gasteiger charge is -2.53. The number of esters is 1. The van der Waals surface area contributed by atoms with Gasteiger partial charge in [-0.05, 0) is 52.0 Å². The van der Waals surface area contributed by atoms with Gasteiger partial charge in [-0.15, -0.1) is 0 Å². The van der Waals surface area contributed by atoms with E-state index < -0.39 is 0 Å². The lowest BCUT2D eigenvalue weighted by atomic mass is 9.79. The highest BCUT2D eigenvalue weighted by atomic mass is 16.5. The summed E-state index contributed by atoms with van der Waals surface area (Å²) < 4.78 is 6.88. The van der Waals surface area contributed by atoms with Gasteiger partial charge in [-0.25, -0.2) is 4.79 Å². The number of rotatable bonds is 5. The van der Waals surface area contributed by atoms with E-state index in [9.17, 15) is 4.79 Å². The summed E-state index contributed by atoms with van der Waals surface area (Å²) in [5, 5.41) is 5.50. The fraction of sp³-hybridized carbons (Fsp3) is 0.579. The van der Waals surface area contributed by atoms with Crippen molar-refractivity contribution >= 4 is 16.9 Å². The molecule has 0 aliphatic carbocycles. The first-order valence-corrected chi connectivity index (χ1v) is 9.09. The van der Waals surface area contributed by atoms with Crippen LogP contribution in [0.15, 0.2) is 24.4 Å². The van der Waals surface area contributed by atoms with E-state index in [4.69, 9.17) is 4.74 Å². The number of hydrogen-bond donors (Lipinski definition) is 0. The highest BCUT2D eigenvalue weighted by Gasteiger charge is 2.41. The molecule has 0 unspecified atom stereocenters. The Morgan fingerprint density at radius 2 is 2.00 bits per heavy atom. The normalized spacial score (nSPS) is 25.6. The van der Waals surface area contributed by atoms with Crippen molar-refractivity contribution in [2.24, 2.45) is 0 Å². The zero-order valence-corrected chi connectivity index (χ0v) is 15.1. The van der Waals surface area contributed by atoms with Crippen LogP contribution in [0.2, 0.25) is 0 Å². The molecule has 5 rings (SSSR count). The van der Waals surface area contributed by atoms with Gasteiger partial charge in [0.2, 0.25) is 0 Å². The molecule has 4 heterocycles. The molecule has 0 radical (unpaired) electrons. The molecule has 2 aromatic rings. The van der Waals surface area contributed by atoms with Gasteiger partial charge in [0.1, 0.15) is 0 Å². The maximum atomic E-state index is 12.1. The van der Waals surface area contributed by atoms with Gasteiger partial charge < -0.3 is 9.64 Å². The van der Waals surface area contributed by atoms with Gasteiger partial charge >= 0.3 is 5.97 Å². The number of carbonyl (C=O) groups excluding carboxylic acids is 1. The minimum atomic E-state index is -0.307. The summed E-state index contributed by atoms with van der Waals surface area (Å²) in [5.74, 6) is -0.307. The average Bonchev–Trinajstić information content (AvgIpc) is 3.10. The van der Waals surface area contributed by atoms with Crippen molar-refractivity contribution in [1.29, 1.82) is 0 Å². The summed E-state index contributed by atoms with van der Waals surface area (Å²) in [5.41, 5.74) is 1.81. The molecule has 0 saturated carbocycles. The Morgan fingerprint density at radius 1 is 1.28 bits per heavy atom. The zero-order chi connectivity index (χ0) is 17.4. The number of piperidine rings is 3. The highest BCUT2D eigenvalue weighted by molar-refractivity contribution is 6.02. The minimum absolute atomic E-state index is 0.307. The van der Waals surface area contributed by atoms with Crippen molar-refractivity contribution in [1.82, 2.24) is 19.6 Å². The van der Waals surface area contributed by atoms with Crippen LogP contribution in [0, 0.1) is 0 Å². The molecule has 0 amide bonds. The van der Waals surface area contributed by atoms with Crippen LogP contribution >= 0.6 is 0 Å². The number of fused-ring (bicyclic) bond motifs is 4. The molecule has 25 heavy (non-hydrogen) atoms. The third-order valence-corrected chi connectivity index (χ3v) is 6.20. The predicted octanol–water partition coefficient (Wildman–Crippen LogP) is 1.99. The van der Waals surface area contributed by atoms with Crippen LogP contribution in [0.5, 0.6) is 0 Å². The molecule has 134 valence electrons. The average molecular weight is 342 g/mol. The van der Waals surface area contributed by atoms with Crippen LogP contribution in [0.1, 0.15) is 29.6 Å². The predicted molar refractivity (Wildman–Crippen MR) is 96.7 cm³/mol. The summed E-state index contributed by atoms with van der Waals surface area (Å²) in [4.78, 5) is 17.2. The molecule has 0 N–H and O–H groups in total. The van der Waals surface area contributed by atoms with E-state index in [0.29, 0.717) is 11.1 Å². The summed E-state index contributed by atoms with van der Waals surface area (Å²) in [6.45, 7) is 5.39. The Hall–Kier alpha value is -1.92. The topological polar surface area (TPSA) is 50.6 Å². The lowest BCUT2D eigenvalue weighted by Crippen LogP contribution is -2.60. The molecule has 1 aromatic carbocycles. The number of nitrogens with zero attached hydrogens (tertiary/aromatic N) is 4. The smallest absolute Gasteiger partial charge is 0.340 e. The van der Waals surface area contributed by atoms with E-state index >= 15 is 0 Å². The molecule has 3 saturated heterocycles. The van der Waals surface area contributed by atoms with Crippen molar-refractivity contribution in [3.63, 3.8) is 0 Å². The monoisotopic (exact) mass is 342 g/mol. The van der Waals surface area contributed by atoms with Gasteiger partial charge in [0, 0.05) is 17.5 Å². The number of methoxy groups -OCH3 is 1. The molecular formula is C19H26N4O2. The highest BCUT2D eigenvalue weighted by Crippen LogP contribution is 2.36. The van der Waals surface area contributed by atoms with Gasteiger partial charge in [-0.2, -0.15) is 5.10 Å². The minimum Gasteiger partial charge on any atom is -0.465 e. The largest absolute Gasteiger partial charge is 0.465 e. The van der Waals surface area contributed by atoms with Crippen LogP contribution < -0.4 is 0 Å². The molecule has 1 aromatic heterocycles. The molecule has 3 aliphatic rings. The van der Waals surface area contributed by atoms with E-state index in [-0.39, 0.29) is 5.97 Å². The first-order chi connectivity index (χ1) is 12.1. The van der Waals surface area contributed by atoms with E-state index in [1.165, 1.54) is 46.0 Å². The van der Waals surface area contributed by atoms with Gasteiger partial charge in [-0.3, -0.25) is 9.58 Å². The summed E-state index contributed by atoms with van der Waals surface area (Å²) in [6.07, 6.45) is 5.61. The van der Waals surface area contributed by atoms with Crippen molar-refractivity contribution in [2.45, 2.75) is 31.3 Å². The zero-order valence-electron chi connectivity index (χ0n) is 15.1.